The number of hydrogen-bond donors (Lipinski definition) is 1. The quantitative estimate of drug-likeness (QED) is 0.554. The maximum Gasteiger partial charge on any atom is 0.220 e. The van der Waals surface area contributed by atoms with Crippen LogP contribution in [0.3, 0.4) is 0 Å². The molecule has 0 radical (unpaired) electrons. The lowest BCUT2D eigenvalue weighted by atomic mass is 9.92. The van der Waals surface area contributed by atoms with E-state index in [1.54, 1.807) is 11.8 Å². The number of carbonyl (C=O) groups excluding carboxylic acids is 1. The van der Waals surface area contributed by atoms with Gasteiger partial charge in [0.2, 0.25) is 5.91 Å². The van der Waals surface area contributed by atoms with Gasteiger partial charge in [0.15, 0.2) is 5.16 Å². The summed E-state index contributed by atoms with van der Waals surface area (Å²) in [4.78, 5) is 23.2. The molecule has 3 heterocycles. The number of aromatic nitrogens is 2. The molecule has 0 bridgehead atoms. The molecule has 2 fully saturated rings. The highest BCUT2D eigenvalue weighted by Gasteiger charge is 2.21. The van der Waals surface area contributed by atoms with Crippen molar-refractivity contribution < 1.29 is 9.53 Å². The van der Waals surface area contributed by atoms with Gasteiger partial charge in [0.1, 0.15) is 0 Å². The first kappa shape index (κ1) is 19.6. The number of likely N-dealkylation sites (tertiary alicyclic amines) is 1. The van der Waals surface area contributed by atoms with Crippen LogP contribution in [0, 0.1) is 5.92 Å². The van der Waals surface area contributed by atoms with Crippen molar-refractivity contribution in [2.45, 2.75) is 56.3 Å². The zero-order valence-corrected chi connectivity index (χ0v) is 16.5. The van der Waals surface area contributed by atoms with Crippen molar-refractivity contribution >= 4 is 17.7 Å². The number of thioether (sulfide) groups is 1. The van der Waals surface area contributed by atoms with Gasteiger partial charge in [-0.15, -0.1) is 0 Å². The standard InChI is InChI=1S/C19H30N4O2S/c1-26-19-21-11-16(12-22-19)14-23-8-6-15(7-9-23)4-5-18(24)20-13-17-3-2-10-25-17/h11-12,15,17H,2-10,13-14H2,1H3,(H,20,24). The van der Waals surface area contributed by atoms with Crippen molar-refractivity contribution in [2.75, 3.05) is 32.5 Å². The van der Waals surface area contributed by atoms with Gasteiger partial charge in [0.25, 0.3) is 0 Å². The Morgan fingerprint density at radius 3 is 2.73 bits per heavy atom. The van der Waals surface area contributed by atoms with Gasteiger partial charge < -0.3 is 10.1 Å². The van der Waals surface area contributed by atoms with Crippen LogP contribution in [0.4, 0.5) is 0 Å². The van der Waals surface area contributed by atoms with E-state index in [9.17, 15) is 4.79 Å². The number of amides is 1. The van der Waals surface area contributed by atoms with Crippen molar-refractivity contribution in [1.82, 2.24) is 20.2 Å². The lowest BCUT2D eigenvalue weighted by Crippen LogP contribution is -2.34. The van der Waals surface area contributed by atoms with Crippen LogP contribution < -0.4 is 5.32 Å². The summed E-state index contributed by atoms with van der Waals surface area (Å²) >= 11 is 1.57. The fourth-order valence-electron chi connectivity index (χ4n) is 3.68. The Bertz CT molecular complexity index is 555. The first-order chi connectivity index (χ1) is 12.7. The molecule has 2 aliphatic rings. The summed E-state index contributed by atoms with van der Waals surface area (Å²) in [7, 11) is 0. The van der Waals surface area contributed by atoms with Gasteiger partial charge in [-0.25, -0.2) is 9.97 Å². The van der Waals surface area contributed by atoms with Crippen molar-refractivity contribution in [1.29, 1.82) is 0 Å². The second kappa shape index (κ2) is 10.2. The second-order valence-corrected chi connectivity index (χ2v) is 8.05. The molecule has 6 nitrogen and oxygen atoms in total. The van der Waals surface area contributed by atoms with Crippen LogP contribution in [0.1, 0.15) is 44.1 Å². The molecule has 1 atom stereocenters. The van der Waals surface area contributed by atoms with E-state index in [1.807, 2.05) is 18.6 Å². The number of ether oxygens (including phenoxy) is 1. The minimum Gasteiger partial charge on any atom is -0.376 e. The Labute approximate surface area is 160 Å². The Kier molecular flexibility index (Phi) is 7.70. The monoisotopic (exact) mass is 378 g/mol. The highest BCUT2D eigenvalue weighted by molar-refractivity contribution is 7.98. The summed E-state index contributed by atoms with van der Waals surface area (Å²) in [5, 5.41) is 3.85. The molecule has 1 unspecified atom stereocenters. The molecule has 0 saturated carbocycles. The molecule has 2 aliphatic heterocycles. The van der Waals surface area contributed by atoms with E-state index in [1.165, 1.54) is 18.4 Å². The highest BCUT2D eigenvalue weighted by Crippen LogP contribution is 2.23. The molecule has 1 aromatic heterocycles. The normalized spacial score (nSPS) is 21.8. The average molecular weight is 379 g/mol. The molecule has 3 rings (SSSR count). The molecule has 144 valence electrons. The molecular formula is C19H30N4O2S. The molecule has 1 amide bonds. The molecule has 26 heavy (non-hydrogen) atoms. The highest BCUT2D eigenvalue weighted by atomic mass is 32.2. The zero-order valence-electron chi connectivity index (χ0n) is 15.7. The number of nitrogens with zero attached hydrogens (tertiary/aromatic N) is 3. The molecule has 0 spiro atoms. The van der Waals surface area contributed by atoms with Crippen LogP contribution in [-0.4, -0.2) is 59.4 Å². The summed E-state index contributed by atoms with van der Waals surface area (Å²) in [5.74, 6) is 0.837. The van der Waals surface area contributed by atoms with E-state index >= 15 is 0 Å². The van der Waals surface area contributed by atoms with Gasteiger partial charge in [-0.05, 0) is 57.4 Å². The third-order valence-corrected chi connectivity index (χ3v) is 5.88. The molecule has 2 saturated heterocycles. The van der Waals surface area contributed by atoms with Crippen LogP contribution >= 0.6 is 11.8 Å². The molecule has 1 N–H and O–H groups in total. The Balaban J connectivity index is 1.29. The van der Waals surface area contributed by atoms with E-state index < -0.39 is 0 Å². The average Bonchev–Trinajstić information content (AvgIpc) is 3.20. The fraction of sp³-hybridized carbons (Fsp3) is 0.737. The summed E-state index contributed by atoms with van der Waals surface area (Å²) in [6, 6.07) is 0. The predicted octanol–water partition coefficient (Wildman–Crippen LogP) is 2.49. The van der Waals surface area contributed by atoms with Crippen LogP contribution in [-0.2, 0) is 16.1 Å². The number of rotatable bonds is 8. The number of piperidine rings is 1. The summed E-state index contributed by atoms with van der Waals surface area (Å²) in [6.45, 7) is 4.61. The fourth-order valence-corrected chi connectivity index (χ4v) is 3.99. The van der Waals surface area contributed by atoms with Gasteiger partial charge in [-0.2, -0.15) is 0 Å². The molecular weight excluding hydrogens is 348 g/mol. The number of nitrogens with one attached hydrogen (secondary N) is 1. The summed E-state index contributed by atoms with van der Waals surface area (Å²) in [5.41, 5.74) is 1.18. The van der Waals surface area contributed by atoms with Crippen LogP contribution in [0.2, 0.25) is 0 Å². The van der Waals surface area contributed by atoms with E-state index in [0.29, 0.717) is 18.9 Å². The summed E-state index contributed by atoms with van der Waals surface area (Å²) < 4.78 is 5.54. The minimum absolute atomic E-state index is 0.175. The predicted molar refractivity (Wildman–Crippen MR) is 103 cm³/mol. The molecule has 0 aromatic carbocycles. The molecule has 0 aliphatic carbocycles. The van der Waals surface area contributed by atoms with Crippen molar-refractivity contribution in [3.8, 4) is 0 Å². The molecule has 7 heteroatoms. The minimum atomic E-state index is 0.175. The molecule has 1 aromatic rings. The third-order valence-electron chi connectivity index (χ3n) is 5.31. The topological polar surface area (TPSA) is 67.4 Å². The van der Waals surface area contributed by atoms with Gasteiger partial charge in [0, 0.05) is 44.1 Å². The van der Waals surface area contributed by atoms with Gasteiger partial charge in [0.05, 0.1) is 6.10 Å². The maximum absolute atomic E-state index is 12.0. The summed E-state index contributed by atoms with van der Waals surface area (Å²) in [6.07, 6.45) is 12.3. The lowest BCUT2D eigenvalue weighted by molar-refractivity contribution is -0.122. The van der Waals surface area contributed by atoms with Crippen molar-refractivity contribution in [2.24, 2.45) is 5.92 Å². The smallest absolute Gasteiger partial charge is 0.220 e. The first-order valence-corrected chi connectivity index (χ1v) is 10.9. The van der Waals surface area contributed by atoms with Crippen molar-refractivity contribution in [3.63, 3.8) is 0 Å². The van der Waals surface area contributed by atoms with E-state index in [2.05, 4.69) is 20.2 Å². The number of carbonyl (C=O) groups is 1. The van der Waals surface area contributed by atoms with E-state index in [0.717, 1.165) is 50.7 Å². The second-order valence-electron chi connectivity index (χ2n) is 7.28. The van der Waals surface area contributed by atoms with Crippen molar-refractivity contribution in [3.05, 3.63) is 18.0 Å². The zero-order chi connectivity index (χ0) is 18.2. The Hall–Kier alpha value is -1.18. The van der Waals surface area contributed by atoms with Crippen LogP contribution in [0.5, 0.6) is 0 Å². The third kappa shape index (κ3) is 6.21. The lowest BCUT2D eigenvalue weighted by Gasteiger charge is -2.31. The SMILES string of the molecule is CSc1ncc(CN2CCC(CCC(=O)NCC3CCCO3)CC2)cn1. The van der Waals surface area contributed by atoms with Crippen LogP contribution in [0.25, 0.3) is 0 Å². The van der Waals surface area contributed by atoms with Gasteiger partial charge in [-0.3, -0.25) is 9.69 Å². The van der Waals surface area contributed by atoms with Crippen LogP contribution in [0.15, 0.2) is 17.6 Å². The Morgan fingerprint density at radius 2 is 2.08 bits per heavy atom. The largest absolute Gasteiger partial charge is 0.376 e. The Morgan fingerprint density at radius 1 is 1.31 bits per heavy atom. The number of hydrogen-bond acceptors (Lipinski definition) is 6. The first-order valence-electron chi connectivity index (χ1n) is 9.68. The van der Waals surface area contributed by atoms with Gasteiger partial charge >= 0.3 is 0 Å². The van der Waals surface area contributed by atoms with E-state index in [4.69, 9.17) is 4.74 Å². The van der Waals surface area contributed by atoms with E-state index in [-0.39, 0.29) is 12.0 Å². The maximum atomic E-state index is 12.0. The van der Waals surface area contributed by atoms with Gasteiger partial charge in [-0.1, -0.05) is 11.8 Å².